The molecule has 1 N–H and O–H groups in total. The molecule has 6 heteroatoms. The zero-order chi connectivity index (χ0) is 21.6. The molecule has 5 nitrogen and oxygen atoms in total. The van der Waals surface area contributed by atoms with Crippen LogP contribution in [0, 0.1) is 5.92 Å². The molecule has 0 radical (unpaired) electrons. The van der Waals surface area contributed by atoms with Crippen molar-refractivity contribution in [1.82, 2.24) is 10.3 Å². The Morgan fingerprint density at radius 1 is 1.03 bits per heavy atom. The topological polar surface area (TPSA) is 68.3 Å². The van der Waals surface area contributed by atoms with E-state index in [0.717, 1.165) is 22.9 Å². The fourth-order valence-electron chi connectivity index (χ4n) is 4.05. The van der Waals surface area contributed by atoms with E-state index in [-0.39, 0.29) is 12.5 Å². The summed E-state index contributed by atoms with van der Waals surface area (Å²) < 4.78 is 6.29. The van der Waals surface area contributed by atoms with Crippen LogP contribution in [0.2, 0.25) is 0 Å². The highest BCUT2D eigenvalue weighted by atomic mass is 79.9. The van der Waals surface area contributed by atoms with Gasteiger partial charge in [0.05, 0.1) is 16.8 Å². The van der Waals surface area contributed by atoms with Gasteiger partial charge in [0.25, 0.3) is 5.91 Å². The van der Waals surface area contributed by atoms with Gasteiger partial charge in [0.2, 0.25) is 0 Å². The molecule has 0 aliphatic heterocycles. The molecule has 31 heavy (non-hydrogen) atoms. The minimum atomic E-state index is -0.525. The number of ether oxygens (including phenoxy) is 1. The molecule has 2 aromatic carbocycles. The van der Waals surface area contributed by atoms with E-state index < -0.39 is 5.97 Å². The Morgan fingerprint density at radius 2 is 1.84 bits per heavy atom. The summed E-state index contributed by atoms with van der Waals surface area (Å²) in [5, 5.41) is 3.61. The predicted octanol–water partition coefficient (Wildman–Crippen LogP) is 5.52. The van der Waals surface area contributed by atoms with Crippen LogP contribution in [-0.2, 0) is 9.53 Å². The van der Waals surface area contributed by atoms with Crippen LogP contribution in [0.15, 0.2) is 59.1 Å². The van der Waals surface area contributed by atoms with Gasteiger partial charge < -0.3 is 10.1 Å². The summed E-state index contributed by atoms with van der Waals surface area (Å²) >= 11 is 3.48. The van der Waals surface area contributed by atoms with Crippen LogP contribution in [0.5, 0.6) is 0 Å². The van der Waals surface area contributed by atoms with Gasteiger partial charge in [-0.05, 0) is 43.0 Å². The Kier molecular flexibility index (Phi) is 6.97. The first-order chi connectivity index (χ1) is 15.1. The first-order valence-corrected chi connectivity index (χ1v) is 11.5. The Hall–Kier alpha value is -2.73. The molecule has 1 aromatic heterocycles. The second-order valence-corrected chi connectivity index (χ2v) is 8.88. The first-order valence-electron chi connectivity index (χ1n) is 10.7. The number of nitrogens with one attached hydrogen (secondary N) is 1. The summed E-state index contributed by atoms with van der Waals surface area (Å²) in [5.41, 5.74) is 2.67. The lowest BCUT2D eigenvalue weighted by atomic mass is 9.89. The highest BCUT2D eigenvalue weighted by Gasteiger charge is 2.18. The zero-order valence-electron chi connectivity index (χ0n) is 17.3. The first kappa shape index (κ1) is 21.5. The fourth-order valence-corrected chi connectivity index (χ4v) is 4.45. The van der Waals surface area contributed by atoms with Crippen LogP contribution in [0.1, 0.15) is 42.5 Å². The Morgan fingerprint density at radius 3 is 2.65 bits per heavy atom. The molecule has 0 bridgehead atoms. The number of rotatable bonds is 6. The van der Waals surface area contributed by atoms with Gasteiger partial charge in [-0.15, -0.1) is 0 Å². The van der Waals surface area contributed by atoms with E-state index in [2.05, 4.69) is 21.2 Å². The Balaban J connectivity index is 1.48. The fraction of sp³-hybridized carbons (Fsp3) is 0.320. The van der Waals surface area contributed by atoms with Gasteiger partial charge in [-0.2, -0.15) is 0 Å². The predicted molar refractivity (Wildman–Crippen MR) is 125 cm³/mol. The summed E-state index contributed by atoms with van der Waals surface area (Å²) in [6.07, 6.45) is 6.04. The maximum absolute atomic E-state index is 12.9. The van der Waals surface area contributed by atoms with E-state index >= 15 is 0 Å². The lowest BCUT2D eigenvalue weighted by Gasteiger charge is -2.21. The normalized spacial score (nSPS) is 14.4. The number of halogens is 1. The second-order valence-electron chi connectivity index (χ2n) is 7.97. The highest BCUT2D eigenvalue weighted by molar-refractivity contribution is 9.10. The zero-order valence-corrected chi connectivity index (χ0v) is 18.9. The third kappa shape index (κ3) is 5.50. The van der Waals surface area contributed by atoms with Gasteiger partial charge in [-0.25, -0.2) is 9.78 Å². The molecule has 0 atom stereocenters. The number of aromatic nitrogens is 1. The van der Waals surface area contributed by atoms with Crippen molar-refractivity contribution in [1.29, 1.82) is 0 Å². The molecule has 0 saturated heterocycles. The van der Waals surface area contributed by atoms with Crippen molar-refractivity contribution in [3.8, 4) is 11.3 Å². The monoisotopic (exact) mass is 480 g/mol. The summed E-state index contributed by atoms with van der Waals surface area (Å²) in [6, 6.07) is 16.9. The van der Waals surface area contributed by atoms with Gasteiger partial charge in [-0.3, -0.25) is 4.79 Å². The van der Waals surface area contributed by atoms with Crippen LogP contribution < -0.4 is 5.32 Å². The van der Waals surface area contributed by atoms with E-state index in [4.69, 9.17) is 9.72 Å². The van der Waals surface area contributed by atoms with Crippen molar-refractivity contribution >= 4 is 38.7 Å². The summed E-state index contributed by atoms with van der Waals surface area (Å²) in [4.78, 5) is 29.8. The molecular weight excluding hydrogens is 456 g/mol. The summed E-state index contributed by atoms with van der Waals surface area (Å²) in [6.45, 7) is 0.371. The molecule has 1 saturated carbocycles. The molecule has 0 unspecified atom stereocenters. The molecule has 1 fully saturated rings. The highest BCUT2D eigenvalue weighted by Crippen LogP contribution is 2.27. The number of fused-ring (bicyclic) bond motifs is 1. The van der Waals surface area contributed by atoms with Crippen molar-refractivity contribution < 1.29 is 14.3 Å². The lowest BCUT2D eigenvalue weighted by molar-refractivity contribution is -0.124. The molecule has 1 aliphatic rings. The van der Waals surface area contributed by atoms with Crippen LogP contribution in [0.4, 0.5) is 0 Å². The minimum absolute atomic E-state index is 0.260. The minimum Gasteiger partial charge on any atom is -0.452 e. The average molecular weight is 481 g/mol. The average Bonchev–Trinajstić information content (AvgIpc) is 2.81. The standard InChI is InChI=1S/C25H25BrN2O3/c26-19-10-6-9-18(13-19)23-14-21(20-11-4-5-12-22(20)28-23)25(30)31-16-24(29)27-15-17-7-2-1-3-8-17/h4-6,9-14,17H,1-3,7-8,15-16H2,(H,27,29). The van der Waals surface area contributed by atoms with Crippen molar-refractivity contribution in [2.45, 2.75) is 32.1 Å². The van der Waals surface area contributed by atoms with E-state index in [1.807, 2.05) is 48.5 Å². The number of nitrogens with zero attached hydrogens (tertiary/aromatic N) is 1. The number of hydrogen-bond donors (Lipinski definition) is 1. The van der Waals surface area contributed by atoms with Gasteiger partial charge in [0.15, 0.2) is 6.61 Å². The van der Waals surface area contributed by atoms with Gasteiger partial charge in [0, 0.05) is 22.0 Å². The van der Waals surface area contributed by atoms with Gasteiger partial charge in [0.1, 0.15) is 0 Å². The number of carbonyl (C=O) groups excluding carboxylic acids is 2. The largest absolute Gasteiger partial charge is 0.452 e. The maximum Gasteiger partial charge on any atom is 0.339 e. The molecule has 3 aromatic rings. The molecule has 0 spiro atoms. The van der Waals surface area contributed by atoms with Crippen molar-refractivity contribution in [3.63, 3.8) is 0 Å². The molecule has 4 rings (SSSR count). The SMILES string of the molecule is O=C(COC(=O)c1cc(-c2cccc(Br)c2)nc2ccccc12)NCC1CCCCC1. The second kappa shape index (κ2) is 10.1. The van der Waals surface area contributed by atoms with Crippen molar-refractivity contribution in [2.24, 2.45) is 5.92 Å². The smallest absolute Gasteiger partial charge is 0.339 e. The van der Waals surface area contributed by atoms with Crippen molar-refractivity contribution in [2.75, 3.05) is 13.2 Å². The third-order valence-electron chi connectivity index (χ3n) is 5.70. The molecule has 160 valence electrons. The van der Waals surface area contributed by atoms with Crippen LogP contribution in [-0.4, -0.2) is 30.0 Å². The number of pyridine rings is 1. The van der Waals surface area contributed by atoms with E-state index in [1.54, 1.807) is 6.07 Å². The number of benzene rings is 2. The van der Waals surface area contributed by atoms with E-state index in [9.17, 15) is 9.59 Å². The number of esters is 1. The number of hydrogen-bond acceptors (Lipinski definition) is 4. The molecule has 1 amide bonds. The van der Waals surface area contributed by atoms with E-state index in [0.29, 0.717) is 34.6 Å². The molecule has 1 aliphatic carbocycles. The quantitative estimate of drug-likeness (QED) is 0.471. The van der Waals surface area contributed by atoms with Crippen molar-refractivity contribution in [3.05, 3.63) is 64.6 Å². The maximum atomic E-state index is 12.9. The summed E-state index contributed by atoms with van der Waals surface area (Å²) in [7, 11) is 0. The number of carbonyl (C=O) groups is 2. The Bertz CT molecular complexity index is 1090. The van der Waals surface area contributed by atoms with Gasteiger partial charge in [-0.1, -0.05) is 65.5 Å². The molecule has 1 heterocycles. The van der Waals surface area contributed by atoms with E-state index in [1.165, 1.54) is 19.3 Å². The van der Waals surface area contributed by atoms with Crippen LogP contribution >= 0.6 is 15.9 Å². The summed E-state index contributed by atoms with van der Waals surface area (Å²) in [5.74, 6) is -0.252. The van der Waals surface area contributed by atoms with Crippen LogP contribution in [0.3, 0.4) is 0 Å². The molecular formula is C25H25BrN2O3. The third-order valence-corrected chi connectivity index (χ3v) is 6.20. The number of para-hydroxylation sites is 1. The van der Waals surface area contributed by atoms with Gasteiger partial charge >= 0.3 is 5.97 Å². The van der Waals surface area contributed by atoms with Crippen LogP contribution in [0.25, 0.3) is 22.2 Å². The number of amides is 1. The Labute approximate surface area is 190 Å². The lowest BCUT2D eigenvalue weighted by Crippen LogP contribution is -2.33.